The molecule has 0 saturated carbocycles. The molecule has 0 aromatic rings. The lowest BCUT2D eigenvalue weighted by Crippen LogP contribution is -2.09. The molecule has 0 heterocycles. The fraction of sp³-hybridized carbons (Fsp3) is 0.750. The summed E-state index contributed by atoms with van der Waals surface area (Å²) < 4.78 is 28.1. The standard InChI is InChI=1S/C4H9O4S/c1-2-3-4(5)9(6,7)8/h5H,2-3H2,1H3,(H,6,7,8). The van der Waals surface area contributed by atoms with Crippen molar-refractivity contribution < 1.29 is 18.1 Å². The molecule has 0 aliphatic carbocycles. The Morgan fingerprint density at radius 3 is 2.11 bits per heavy atom. The van der Waals surface area contributed by atoms with Crippen LogP contribution in [0.15, 0.2) is 0 Å². The van der Waals surface area contributed by atoms with Gasteiger partial charge in [-0.2, -0.15) is 8.42 Å². The molecule has 0 aliphatic rings. The SMILES string of the molecule is CCC[C](O)S(=O)(=O)O. The zero-order chi connectivity index (χ0) is 7.49. The molecule has 0 saturated heterocycles. The molecule has 5 heteroatoms. The number of hydrogen-bond donors (Lipinski definition) is 2. The Hall–Kier alpha value is -0.130. The second kappa shape index (κ2) is 3.14. The van der Waals surface area contributed by atoms with Crippen molar-refractivity contribution >= 4 is 10.1 Å². The van der Waals surface area contributed by atoms with Crippen LogP contribution in [0.1, 0.15) is 19.8 Å². The predicted molar refractivity (Wildman–Crippen MR) is 31.6 cm³/mol. The summed E-state index contributed by atoms with van der Waals surface area (Å²) in [6.07, 6.45) is 0.491. The number of aliphatic hydroxyl groups excluding tert-OH is 1. The van der Waals surface area contributed by atoms with E-state index >= 15 is 0 Å². The molecule has 0 bridgehead atoms. The van der Waals surface area contributed by atoms with Gasteiger partial charge >= 0.3 is 0 Å². The zero-order valence-electron chi connectivity index (χ0n) is 5.03. The average molecular weight is 153 g/mol. The Bertz CT molecular complexity index is 159. The van der Waals surface area contributed by atoms with Crippen molar-refractivity contribution in [3.8, 4) is 0 Å². The number of hydrogen-bond acceptors (Lipinski definition) is 3. The summed E-state index contributed by atoms with van der Waals surface area (Å²) in [6, 6.07) is 0. The van der Waals surface area contributed by atoms with Crippen LogP contribution in [0.4, 0.5) is 0 Å². The van der Waals surface area contributed by atoms with E-state index in [1.165, 1.54) is 0 Å². The van der Waals surface area contributed by atoms with E-state index in [1.54, 1.807) is 6.92 Å². The van der Waals surface area contributed by atoms with Crippen LogP contribution in [0.25, 0.3) is 0 Å². The molecule has 0 amide bonds. The monoisotopic (exact) mass is 153 g/mol. The largest absolute Gasteiger partial charge is 0.369 e. The van der Waals surface area contributed by atoms with E-state index < -0.39 is 15.6 Å². The zero-order valence-corrected chi connectivity index (χ0v) is 5.85. The van der Waals surface area contributed by atoms with E-state index in [1.807, 2.05) is 0 Å². The van der Waals surface area contributed by atoms with E-state index in [-0.39, 0.29) is 6.42 Å². The average Bonchev–Trinajstić information content (AvgIpc) is 1.64. The molecule has 0 aromatic heterocycles. The fourth-order valence-electron chi connectivity index (χ4n) is 0.343. The van der Waals surface area contributed by atoms with E-state index in [4.69, 9.17) is 9.66 Å². The molecule has 2 N–H and O–H groups in total. The van der Waals surface area contributed by atoms with Crippen molar-refractivity contribution in [1.82, 2.24) is 0 Å². The maximum absolute atomic E-state index is 9.99. The van der Waals surface area contributed by atoms with Gasteiger partial charge in [0.1, 0.15) is 0 Å². The summed E-state index contributed by atoms with van der Waals surface area (Å²) in [5.74, 6) is 0. The minimum absolute atomic E-state index is 0.00116. The lowest BCUT2D eigenvalue weighted by atomic mass is 10.4. The van der Waals surface area contributed by atoms with E-state index in [0.29, 0.717) is 6.42 Å². The summed E-state index contributed by atoms with van der Waals surface area (Å²) in [7, 11) is -4.29. The summed E-state index contributed by atoms with van der Waals surface area (Å²) >= 11 is 0. The Balaban J connectivity index is 3.90. The molecule has 0 aromatic carbocycles. The summed E-state index contributed by atoms with van der Waals surface area (Å²) in [4.78, 5) is 0. The fourth-order valence-corrected chi connectivity index (χ4v) is 0.805. The quantitative estimate of drug-likeness (QED) is 0.580. The van der Waals surface area contributed by atoms with Gasteiger partial charge in [-0.3, -0.25) is 4.55 Å². The van der Waals surface area contributed by atoms with Gasteiger partial charge in [0.2, 0.25) is 5.44 Å². The molecule has 0 rings (SSSR count). The lowest BCUT2D eigenvalue weighted by Gasteiger charge is -2.00. The van der Waals surface area contributed by atoms with Crippen LogP contribution in [0.5, 0.6) is 0 Å². The third-order valence-corrected chi connectivity index (χ3v) is 1.56. The first-order valence-corrected chi connectivity index (χ1v) is 3.94. The van der Waals surface area contributed by atoms with Crippen molar-refractivity contribution in [3.05, 3.63) is 5.44 Å². The molecular weight excluding hydrogens is 144 g/mol. The first kappa shape index (κ1) is 8.87. The minimum atomic E-state index is -4.29. The highest BCUT2D eigenvalue weighted by Crippen LogP contribution is 2.10. The predicted octanol–water partition coefficient (Wildman–Crippen LogP) is 0.536. The van der Waals surface area contributed by atoms with Gasteiger partial charge in [-0.05, 0) is 6.42 Å². The molecule has 0 aliphatic heterocycles. The Morgan fingerprint density at radius 1 is 1.56 bits per heavy atom. The number of rotatable bonds is 3. The second-order valence-corrected chi connectivity index (χ2v) is 3.04. The van der Waals surface area contributed by atoms with Crippen molar-refractivity contribution in [2.45, 2.75) is 19.8 Å². The van der Waals surface area contributed by atoms with Gasteiger partial charge in [0.15, 0.2) is 0 Å². The molecule has 0 unspecified atom stereocenters. The van der Waals surface area contributed by atoms with Crippen LogP contribution in [0.3, 0.4) is 0 Å². The third-order valence-electron chi connectivity index (χ3n) is 0.762. The molecule has 0 atom stereocenters. The van der Waals surface area contributed by atoms with Crippen molar-refractivity contribution in [3.63, 3.8) is 0 Å². The second-order valence-electron chi connectivity index (χ2n) is 1.62. The minimum Gasteiger partial charge on any atom is -0.369 e. The van der Waals surface area contributed by atoms with E-state index in [9.17, 15) is 8.42 Å². The maximum Gasteiger partial charge on any atom is 0.299 e. The molecular formula is C4H9O4S. The Labute approximate surface area is 54.3 Å². The van der Waals surface area contributed by atoms with Crippen LogP contribution in [0.2, 0.25) is 0 Å². The molecule has 55 valence electrons. The van der Waals surface area contributed by atoms with Crippen LogP contribution in [-0.4, -0.2) is 18.1 Å². The number of aliphatic hydroxyl groups is 1. The van der Waals surface area contributed by atoms with Gasteiger partial charge in [-0.1, -0.05) is 13.3 Å². The van der Waals surface area contributed by atoms with Gasteiger partial charge in [-0.15, -0.1) is 0 Å². The highest BCUT2D eigenvalue weighted by molar-refractivity contribution is 7.88. The Kier molecular flexibility index (Phi) is 3.10. The van der Waals surface area contributed by atoms with Gasteiger partial charge in [-0.25, -0.2) is 0 Å². The highest BCUT2D eigenvalue weighted by Gasteiger charge is 2.19. The molecule has 4 nitrogen and oxygen atoms in total. The van der Waals surface area contributed by atoms with Crippen molar-refractivity contribution in [2.75, 3.05) is 0 Å². The molecule has 1 radical (unpaired) electrons. The van der Waals surface area contributed by atoms with Crippen LogP contribution >= 0.6 is 0 Å². The van der Waals surface area contributed by atoms with Gasteiger partial charge in [0.25, 0.3) is 10.1 Å². The molecule has 0 spiro atoms. The van der Waals surface area contributed by atoms with E-state index in [0.717, 1.165) is 0 Å². The van der Waals surface area contributed by atoms with Gasteiger partial charge in [0, 0.05) is 0 Å². The third kappa shape index (κ3) is 3.45. The first-order chi connectivity index (χ1) is 3.98. The lowest BCUT2D eigenvalue weighted by molar-refractivity contribution is 0.315. The maximum atomic E-state index is 9.99. The summed E-state index contributed by atoms with van der Waals surface area (Å²) in [5, 5.41) is 8.46. The van der Waals surface area contributed by atoms with Crippen LogP contribution < -0.4 is 0 Å². The van der Waals surface area contributed by atoms with E-state index in [2.05, 4.69) is 0 Å². The normalized spacial score (nSPS) is 12.4. The van der Waals surface area contributed by atoms with Crippen LogP contribution in [0, 0.1) is 5.44 Å². The first-order valence-electron chi connectivity index (χ1n) is 2.50. The van der Waals surface area contributed by atoms with Crippen LogP contribution in [-0.2, 0) is 10.1 Å². The molecule has 9 heavy (non-hydrogen) atoms. The summed E-state index contributed by atoms with van der Waals surface area (Å²) in [5.41, 5.74) is -0.856. The van der Waals surface area contributed by atoms with Crippen molar-refractivity contribution in [2.24, 2.45) is 0 Å². The smallest absolute Gasteiger partial charge is 0.299 e. The molecule has 0 fully saturated rings. The van der Waals surface area contributed by atoms with Gasteiger partial charge in [0.05, 0.1) is 0 Å². The Morgan fingerprint density at radius 2 is 2.00 bits per heavy atom. The van der Waals surface area contributed by atoms with Crippen molar-refractivity contribution in [1.29, 1.82) is 0 Å². The van der Waals surface area contributed by atoms with Gasteiger partial charge < -0.3 is 5.11 Å². The summed E-state index contributed by atoms with van der Waals surface area (Å²) in [6.45, 7) is 1.70. The topological polar surface area (TPSA) is 74.6 Å². The highest BCUT2D eigenvalue weighted by atomic mass is 32.2.